The van der Waals surface area contributed by atoms with Gasteiger partial charge < -0.3 is 10.2 Å². The lowest BCUT2D eigenvalue weighted by molar-refractivity contribution is 0.400. The Morgan fingerprint density at radius 2 is 1.93 bits per heavy atom. The predicted octanol–water partition coefficient (Wildman–Crippen LogP) is 1.95. The van der Waals surface area contributed by atoms with Crippen molar-refractivity contribution in [1.29, 1.82) is 0 Å². The summed E-state index contributed by atoms with van der Waals surface area (Å²) < 4.78 is 0. The van der Waals surface area contributed by atoms with Crippen LogP contribution in [0.3, 0.4) is 0 Å². The van der Waals surface area contributed by atoms with E-state index in [1.54, 1.807) is 0 Å². The highest BCUT2D eigenvalue weighted by molar-refractivity contribution is 5.30. The van der Waals surface area contributed by atoms with E-state index in [9.17, 15) is 0 Å². The first-order valence-electron chi connectivity index (χ1n) is 5.51. The van der Waals surface area contributed by atoms with Crippen molar-refractivity contribution >= 4 is 0 Å². The fourth-order valence-corrected chi connectivity index (χ4v) is 1.57. The molecule has 0 fully saturated rings. The average Bonchev–Trinajstić information content (AvgIpc) is 2.14. The van der Waals surface area contributed by atoms with Crippen molar-refractivity contribution < 1.29 is 0 Å². The summed E-state index contributed by atoms with van der Waals surface area (Å²) in [5.41, 5.74) is 4.12. The molecule has 0 bridgehead atoms. The van der Waals surface area contributed by atoms with Crippen LogP contribution < -0.4 is 5.32 Å². The number of nitrogens with zero attached hydrogens (tertiary/aromatic N) is 1. The Balaban J connectivity index is 2.37. The van der Waals surface area contributed by atoms with E-state index in [4.69, 9.17) is 0 Å². The minimum absolute atomic E-state index is 0.972. The van der Waals surface area contributed by atoms with E-state index in [2.05, 4.69) is 56.4 Å². The predicted molar refractivity (Wildman–Crippen MR) is 66.2 cm³/mol. The Labute approximate surface area is 93.3 Å². The van der Waals surface area contributed by atoms with Crippen molar-refractivity contribution in [3.05, 3.63) is 34.9 Å². The normalized spacial score (nSPS) is 11.0. The minimum Gasteiger partial charge on any atom is -0.311 e. The van der Waals surface area contributed by atoms with Crippen LogP contribution in [0.1, 0.15) is 16.7 Å². The third-order valence-electron chi connectivity index (χ3n) is 2.55. The maximum absolute atomic E-state index is 3.45. The summed E-state index contributed by atoms with van der Waals surface area (Å²) in [6.45, 7) is 7.41. The van der Waals surface area contributed by atoms with E-state index in [-0.39, 0.29) is 0 Å². The summed E-state index contributed by atoms with van der Waals surface area (Å²) in [5.74, 6) is 0. The summed E-state index contributed by atoms with van der Waals surface area (Å²) >= 11 is 0. The molecule has 15 heavy (non-hydrogen) atoms. The lowest BCUT2D eigenvalue weighted by Gasteiger charge is -2.11. The summed E-state index contributed by atoms with van der Waals surface area (Å²) in [4.78, 5) is 2.19. The Bertz CT molecular complexity index is 305. The van der Waals surface area contributed by atoms with Crippen LogP contribution in [0.5, 0.6) is 0 Å². The Kier molecular flexibility index (Phi) is 4.79. The van der Waals surface area contributed by atoms with Crippen molar-refractivity contribution in [3.8, 4) is 0 Å². The monoisotopic (exact) mass is 206 g/mol. The number of aryl methyl sites for hydroxylation is 2. The molecule has 0 spiro atoms. The minimum atomic E-state index is 0.972. The van der Waals surface area contributed by atoms with E-state index in [0.29, 0.717) is 0 Å². The fourth-order valence-electron chi connectivity index (χ4n) is 1.57. The van der Waals surface area contributed by atoms with Gasteiger partial charge in [-0.15, -0.1) is 0 Å². The highest BCUT2D eigenvalue weighted by atomic mass is 15.1. The zero-order valence-corrected chi connectivity index (χ0v) is 10.3. The van der Waals surface area contributed by atoms with Crippen LogP contribution in [-0.4, -0.2) is 32.1 Å². The maximum atomic E-state index is 3.45. The number of hydrogen-bond acceptors (Lipinski definition) is 2. The third kappa shape index (κ3) is 4.45. The van der Waals surface area contributed by atoms with Crippen molar-refractivity contribution in [2.45, 2.75) is 20.4 Å². The summed E-state index contributed by atoms with van der Waals surface area (Å²) in [6, 6.07) is 6.63. The maximum Gasteiger partial charge on any atom is 0.0208 e. The Morgan fingerprint density at radius 3 is 2.53 bits per heavy atom. The molecule has 0 aromatic heterocycles. The summed E-state index contributed by atoms with van der Waals surface area (Å²) in [5, 5.41) is 3.45. The van der Waals surface area contributed by atoms with Gasteiger partial charge >= 0.3 is 0 Å². The van der Waals surface area contributed by atoms with E-state index in [1.165, 1.54) is 16.7 Å². The topological polar surface area (TPSA) is 15.3 Å². The quantitative estimate of drug-likeness (QED) is 0.741. The fraction of sp³-hybridized carbons (Fsp3) is 0.538. The van der Waals surface area contributed by atoms with Gasteiger partial charge in [0.05, 0.1) is 0 Å². The number of hydrogen-bond donors (Lipinski definition) is 1. The third-order valence-corrected chi connectivity index (χ3v) is 2.55. The van der Waals surface area contributed by atoms with Crippen LogP contribution in [0.25, 0.3) is 0 Å². The van der Waals surface area contributed by atoms with Gasteiger partial charge in [0.15, 0.2) is 0 Å². The molecule has 0 saturated carbocycles. The first kappa shape index (κ1) is 12.2. The van der Waals surface area contributed by atoms with Crippen LogP contribution in [-0.2, 0) is 6.54 Å². The second-order valence-electron chi connectivity index (χ2n) is 4.41. The zero-order valence-electron chi connectivity index (χ0n) is 10.3. The molecule has 1 rings (SSSR count). The molecule has 0 amide bonds. The lowest BCUT2D eigenvalue weighted by atomic mass is 10.1. The van der Waals surface area contributed by atoms with Crippen LogP contribution >= 0.6 is 0 Å². The standard InChI is InChI=1S/C13H22N2/c1-11-5-6-13(12(2)9-11)10-14-7-8-15(3)4/h5-6,9,14H,7-8,10H2,1-4H3. The molecular formula is C13H22N2. The highest BCUT2D eigenvalue weighted by Gasteiger charge is 1.97. The molecule has 2 heteroatoms. The number of nitrogens with one attached hydrogen (secondary N) is 1. The molecule has 0 heterocycles. The average molecular weight is 206 g/mol. The largest absolute Gasteiger partial charge is 0.311 e. The smallest absolute Gasteiger partial charge is 0.0208 e. The molecule has 0 aliphatic heterocycles. The molecule has 84 valence electrons. The van der Waals surface area contributed by atoms with Gasteiger partial charge in [-0.05, 0) is 39.1 Å². The van der Waals surface area contributed by atoms with Gasteiger partial charge in [-0.1, -0.05) is 23.8 Å². The number of rotatable bonds is 5. The van der Waals surface area contributed by atoms with Gasteiger partial charge in [0.25, 0.3) is 0 Å². The molecule has 0 aliphatic carbocycles. The SMILES string of the molecule is Cc1ccc(CNCCN(C)C)c(C)c1. The molecule has 1 aromatic rings. The molecule has 1 aromatic carbocycles. The van der Waals surface area contributed by atoms with Gasteiger partial charge in [-0.2, -0.15) is 0 Å². The van der Waals surface area contributed by atoms with Crippen LogP contribution in [0.4, 0.5) is 0 Å². The first-order valence-corrected chi connectivity index (χ1v) is 5.51. The van der Waals surface area contributed by atoms with Crippen molar-refractivity contribution in [2.24, 2.45) is 0 Å². The van der Waals surface area contributed by atoms with E-state index in [0.717, 1.165) is 19.6 Å². The zero-order chi connectivity index (χ0) is 11.3. The second kappa shape index (κ2) is 5.89. The lowest BCUT2D eigenvalue weighted by Crippen LogP contribution is -2.26. The highest BCUT2D eigenvalue weighted by Crippen LogP contribution is 2.09. The van der Waals surface area contributed by atoms with E-state index >= 15 is 0 Å². The van der Waals surface area contributed by atoms with Crippen LogP contribution in [0.2, 0.25) is 0 Å². The van der Waals surface area contributed by atoms with Crippen LogP contribution in [0.15, 0.2) is 18.2 Å². The molecule has 0 saturated heterocycles. The molecule has 1 N–H and O–H groups in total. The molecule has 2 nitrogen and oxygen atoms in total. The Hall–Kier alpha value is -0.860. The van der Waals surface area contributed by atoms with Gasteiger partial charge in [-0.3, -0.25) is 0 Å². The summed E-state index contributed by atoms with van der Waals surface area (Å²) in [6.07, 6.45) is 0. The molecule has 0 aliphatic rings. The molecular weight excluding hydrogens is 184 g/mol. The van der Waals surface area contributed by atoms with Gasteiger partial charge in [-0.25, -0.2) is 0 Å². The van der Waals surface area contributed by atoms with Crippen molar-refractivity contribution in [1.82, 2.24) is 10.2 Å². The van der Waals surface area contributed by atoms with Crippen molar-refractivity contribution in [3.63, 3.8) is 0 Å². The van der Waals surface area contributed by atoms with Crippen molar-refractivity contribution in [2.75, 3.05) is 27.2 Å². The Morgan fingerprint density at radius 1 is 1.20 bits per heavy atom. The molecule has 0 unspecified atom stereocenters. The van der Waals surface area contributed by atoms with Gasteiger partial charge in [0.1, 0.15) is 0 Å². The number of benzene rings is 1. The summed E-state index contributed by atoms with van der Waals surface area (Å²) in [7, 11) is 4.19. The number of likely N-dealkylation sites (N-methyl/N-ethyl adjacent to an activating group) is 1. The van der Waals surface area contributed by atoms with E-state index < -0.39 is 0 Å². The molecule has 0 radical (unpaired) electrons. The van der Waals surface area contributed by atoms with Gasteiger partial charge in [0.2, 0.25) is 0 Å². The van der Waals surface area contributed by atoms with Crippen LogP contribution in [0, 0.1) is 13.8 Å². The first-order chi connectivity index (χ1) is 7.09. The molecule has 0 atom stereocenters. The van der Waals surface area contributed by atoms with E-state index in [1.807, 2.05) is 0 Å². The van der Waals surface area contributed by atoms with Gasteiger partial charge in [0, 0.05) is 19.6 Å². The second-order valence-corrected chi connectivity index (χ2v) is 4.41.